The summed E-state index contributed by atoms with van der Waals surface area (Å²) in [6.45, 7) is 4.48. The van der Waals surface area contributed by atoms with E-state index >= 15 is 0 Å². The second-order valence-electron chi connectivity index (χ2n) is 5.25. The highest BCUT2D eigenvalue weighted by molar-refractivity contribution is 14.0. The normalized spacial score (nSPS) is 18.5. The van der Waals surface area contributed by atoms with Gasteiger partial charge in [-0.15, -0.1) is 24.0 Å². The summed E-state index contributed by atoms with van der Waals surface area (Å²) in [5, 5.41) is 3.05. The molecule has 22 heavy (non-hydrogen) atoms. The summed E-state index contributed by atoms with van der Waals surface area (Å²) >= 11 is 0. The monoisotopic (exact) mass is 438 g/mol. The number of anilines is 1. The molecule has 3 N–H and O–H groups in total. The van der Waals surface area contributed by atoms with Crippen LogP contribution in [0.3, 0.4) is 0 Å². The highest BCUT2D eigenvalue weighted by Gasteiger charge is 2.20. The van der Waals surface area contributed by atoms with Crippen molar-refractivity contribution in [1.82, 2.24) is 4.90 Å². The molecule has 0 bridgehead atoms. The molecule has 1 saturated heterocycles. The molecule has 0 saturated carbocycles. The van der Waals surface area contributed by atoms with E-state index in [2.05, 4.69) is 15.2 Å². The van der Waals surface area contributed by atoms with Crippen LogP contribution < -0.4 is 11.1 Å². The van der Waals surface area contributed by atoms with Crippen molar-refractivity contribution in [2.24, 2.45) is 10.7 Å². The number of benzene rings is 1. The van der Waals surface area contributed by atoms with Crippen molar-refractivity contribution in [3.8, 4) is 0 Å². The average molecular weight is 438 g/mol. The molecule has 0 amide bonds. The van der Waals surface area contributed by atoms with Gasteiger partial charge in [0, 0.05) is 25.3 Å². The molecule has 124 valence electrons. The number of hydrogen-bond acceptors (Lipinski definition) is 4. The first-order chi connectivity index (χ1) is 9.94. The Bertz CT molecular complexity index is 605. The maximum absolute atomic E-state index is 11.3. The van der Waals surface area contributed by atoms with Crippen molar-refractivity contribution < 1.29 is 8.42 Å². The minimum Gasteiger partial charge on any atom is -0.370 e. The van der Waals surface area contributed by atoms with E-state index in [1.54, 1.807) is 0 Å². The zero-order valence-electron chi connectivity index (χ0n) is 12.7. The molecule has 1 fully saturated rings. The molecule has 0 aliphatic carbocycles. The first-order valence-corrected chi connectivity index (χ1v) is 8.83. The molecule has 2 rings (SSSR count). The van der Waals surface area contributed by atoms with Gasteiger partial charge in [-0.2, -0.15) is 0 Å². The van der Waals surface area contributed by atoms with E-state index in [1.165, 1.54) is 0 Å². The number of nitrogens with one attached hydrogen (secondary N) is 1. The number of guanidine groups is 1. The van der Waals surface area contributed by atoms with Gasteiger partial charge >= 0.3 is 0 Å². The number of nitrogens with two attached hydrogens (primary N) is 1. The van der Waals surface area contributed by atoms with Gasteiger partial charge in [-0.05, 0) is 24.6 Å². The van der Waals surface area contributed by atoms with Crippen LogP contribution >= 0.6 is 24.0 Å². The lowest BCUT2D eigenvalue weighted by atomic mass is 10.2. The van der Waals surface area contributed by atoms with Gasteiger partial charge in [0.25, 0.3) is 0 Å². The van der Waals surface area contributed by atoms with Gasteiger partial charge in [0.15, 0.2) is 15.8 Å². The standard InChI is InChI=1S/C14H22N4O2S.HI/c1-12-3-2-4-13(11-12)17-14(15)16-5-6-18-7-9-21(19,20)10-8-18;/h2-4,11H,5-10H2,1H3,(H3,15,16,17);1H. The molecule has 1 aromatic carbocycles. The molecule has 1 aliphatic heterocycles. The van der Waals surface area contributed by atoms with Gasteiger partial charge in [-0.1, -0.05) is 12.1 Å². The Labute approximate surface area is 149 Å². The summed E-state index contributed by atoms with van der Waals surface area (Å²) in [5.74, 6) is 0.867. The molecule has 1 heterocycles. The smallest absolute Gasteiger partial charge is 0.193 e. The fraction of sp³-hybridized carbons (Fsp3) is 0.500. The van der Waals surface area contributed by atoms with Crippen molar-refractivity contribution >= 4 is 45.5 Å². The Morgan fingerprint density at radius 3 is 2.68 bits per heavy atom. The van der Waals surface area contributed by atoms with Crippen LogP contribution in [0.2, 0.25) is 0 Å². The molecular formula is C14H23IN4O2S. The van der Waals surface area contributed by atoms with Gasteiger partial charge in [0.1, 0.15) is 0 Å². The van der Waals surface area contributed by atoms with Gasteiger partial charge in [-0.25, -0.2) is 8.42 Å². The maximum atomic E-state index is 11.3. The van der Waals surface area contributed by atoms with Crippen LogP contribution in [-0.2, 0) is 9.84 Å². The molecule has 0 radical (unpaired) electrons. The van der Waals surface area contributed by atoms with Crippen molar-refractivity contribution in [2.75, 3.05) is 43.0 Å². The van der Waals surface area contributed by atoms with E-state index in [9.17, 15) is 8.42 Å². The van der Waals surface area contributed by atoms with Gasteiger partial charge < -0.3 is 11.1 Å². The molecule has 0 aromatic heterocycles. The lowest BCUT2D eigenvalue weighted by Crippen LogP contribution is -2.41. The predicted molar refractivity (Wildman–Crippen MR) is 102 cm³/mol. The third-order valence-corrected chi connectivity index (χ3v) is 5.04. The van der Waals surface area contributed by atoms with Crippen LogP contribution in [0.15, 0.2) is 29.3 Å². The largest absolute Gasteiger partial charge is 0.370 e. The zero-order chi connectivity index (χ0) is 15.3. The molecule has 0 unspecified atom stereocenters. The zero-order valence-corrected chi connectivity index (χ0v) is 15.8. The Balaban J connectivity index is 0.00000242. The summed E-state index contributed by atoms with van der Waals surface area (Å²) < 4.78 is 22.6. The lowest BCUT2D eigenvalue weighted by Gasteiger charge is -2.25. The lowest BCUT2D eigenvalue weighted by molar-refractivity contribution is 0.304. The number of sulfone groups is 1. The highest BCUT2D eigenvalue weighted by atomic mass is 127. The molecule has 0 spiro atoms. The van der Waals surface area contributed by atoms with Gasteiger partial charge in [-0.3, -0.25) is 9.89 Å². The topological polar surface area (TPSA) is 87.8 Å². The molecular weight excluding hydrogens is 415 g/mol. The number of aliphatic imine (C=N–C) groups is 1. The summed E-state index contributed by atoms with van der Waals surface area (Å²) in [4.78, 5) is 6.37. The second kappa shape index (κ2) is 8.68. The Hall–Kier alpha value is -0.870. The van der Waals surface area contributed by atoms with E-state index in [1.807, 2.05) is 31.2 Å². The summed E-state index contributed by atoms with van der Waals surface area (Å²) in [6, 6.07) is 7.91. The summed E-state index contributed by atoms with van der Waals surface area (Å²) in [6.07, 6.45) is 0. The van der Waals surface area contributed by atoms with Crippen molar-refractivity contribution in [3.05, 3.63) is 29.8 Å². The third kappa shape index (κ3) is 6.49. The second-order valence-corrected chi connectivity index (χ2v) is 7.56. The van der Waals surface area contributed by atoms with Crippen molar-refractivity contribution in [1.29, 1.82) is 0 Å². The number of rotatable bonds is 4. The first-order valence-electron chi connectivity index (χ1n) is 7.01. The molecule has 8 heteroatoms. The Morgan fingerprint density at radius 2 is 2.05 bits per heavy atom. The Morgan fingerprint density at radius 1 is 1.36 bits per heavy atom. The molecule has 6 nitrogen and oxygen atoms in total. The van der Waals surface area contributed by atoms with Gasteiger partial charge in [0.2, 0.25) is 0 Å². The predicted octanol–water partition coefficient (Wildman–Crippen LogP) is 1.07. The number of aryl methyl sites for hydroxylation is 1. The fourth-order valence-corrected chi connectivity index (χ4v) is 3.47. The van der Waals surface area contributed by atoms with Crippen LogP contribution in [0.5, 0.6) is 0 Å². The number of hydrogen-bond donors (Lipinski definition) is 2. The van der Waals surface area contributed by atoms with Gasteiger partial charge in [0.05, 0.1) is 18.1 Å². The molecule has 1 aliphatic rings. The van der Waals surface area contributed by atoms with E-state index < -0.39 is 9.84 Å². The van der Waals surface area contributed by atoms with Crippen LogP contribution in [0, 0.1) is 6.92 Å². The average Bonchev–Trinajstić information content (AvgIpc) is 2.41. The molecule has 1 aromatic rings. The fourth-order valence-electron chi connectivity index (χ4n) is 2.20. The minimum atomic E-state index is -2.82. The van der Waals surface area contributed by atoms with Crippen LogP contribution in [0.4, 0.5) is 5.69 Å². The number of halogens is 1. The molecule has 0 atom stereocenters. The summed E-state index contributed by atoms with van der Waals surface area (Å²) in [7, 11) is -2.82. The maximum Gasteiger partial charge on any atom is 0.193 e. The van der Waals surface area contributed by atoms with Crippen LogP contribution in [-0.4, -0.2) is 57.0 Å². The van der Waals surface area contributed by atoms with Crippen LogP contribution in [0.1, 0.15) is 5.56 Å². The van der Waals surface area contributed by atoms with Crippen molar-refractivity contribution in [3.63, 3.8) is 0 Å². The Kier molecular flexibility index (Phi) is 7.57. The van der Waals surface area contributed by atoms with E-state index in [-0.39, 0.29) is 35.5 Å². The third-order valence-electron chi connectivity index (χ3n) is 3.43. The highest BCUT2D eigenvalue weighted by Crippen LogP contribution is 2.08. The van der Waals surface area contributed by atoms with E-state index in [4.69, 9.17) is 5.73 Å². The quantitative estimate of drug-likeness (QED) is 0.417. The first kappa shape index (κ1) is 19.2. The summed E-state index contributed by atoms with van der Waals surface area (Å²) in [5.41, 5.74) is 7.91. The van der Waals surface area contributed by atoms with Crippen molar-refractivity contribution in [2.45, 2.75) is 6.92 Å². The minimum absolute atomic E-state index is 0. The van der Waals surface area contributed by atoms with Crippen LogP contribution in [0.25, 0.3) is 0 Å². The van der Waals surface area contributed by atoms with E-state index in [0.29, 0.717) is 25.6 Å². The SMILES string of the molecule is Cc1cccc(NC(N)=NCCN2CCS(=O)(=O)CC2)c1.I. The van der Waals surface area contributed by atoms with E-state index in [0.717, 1.165) is 17.8 Å². The number of nitrogens with zero attached hydrogens (tertiary/aromatic N) is 2.